The molecule has 2 heterocycles. The molecule has 0 atom stereocenters. The fourth-order valence-corrected chi connectivity index (χ4v) is 5.68. The highest BCUT2D eigenvalue weighted by molar-refractivity contribution is 6.05. The van der Waals surface area contributed by atoms with Crippen molar-refractivity contribution in [2.24, 2.45) is 0 Å². The minimum absolute atomic E-state index is 0.0924. The van der Waals surface area contributed by atoms with E-state index in [0.717, 1.165) is 25.0 Å². The van der Waals surface area contributed by atoms with Gasteiger partial charge in [0.25, 0.3) is 0 Å². The van der Waals surface area contributed by atoms with Crippen LogP contribution < -0.4 is 16.4 Å². The number of nitrogen functional groups attached to an aromatic ring is 1. The van der Waals surface area contributed by atoms with Gasteiger partial charge < -0.3 is 16.4 Å². The lowest BCUT2D eigenvalue weighted by Gasteiger charge is -2.47. The maximum Gasteiger partial charge on any atom is 0.416 e. The first-order valence-electron chi connectivity index (χ1n) is 12.0. The molecule has 1 fully saturated rings. The summed E-state index contributed by atoms with van der Waals surface area (Å²) in [5, 5.41) is 7.27. The van der Waals surface area contributed by atoms with Gasteiger partial charge in [0.05, 0.1) is 39.0 Å². The molecule has 4 aromatic rings. The number of piperidine rings is 1. The normalized spacial score (nSPS) is 18.0. The lowest BCUT2D eigenvalue weighted by Crippen LogP contribution is -2.60. The maximum atomic E-state index is 13.6. The Morgan fingerprint density at radius 1 is 0.889 bits per heavy atom. The van der Waals surface area contributed by atoms with E-state index in [9.17, 15) is 13.2 Å². The highest BCUT2D eigenvalue weighted by atomic mass is 19.4. The molecule has 36 heavy (non-hydrogen) atoms. The SMILES string of the molecule is CC1(C)CC(Nc2cc3nc4ccccc4nc3c(-c3cccc(C(F)(F)F)c3)c2N)CC(C)(C)N1. The van der Waals surface area contributed by atoms with Gasteiger partial charge in [0.2, 0.25) is 0 Å². The number of benzene rings is 3. The first kappa shape index (κ1) is 24.3. The van der Waals surface area contributed by atoms with Crippen LogP contribution in [0.3, 0.4) is 0 Å². The van der Waals surface area contributed by atoms with Crippen LogP contribution in [0.5, 0.6) is 0 Å². The Hall–Kier alpha value is -3.39. The molecule has 1 aliphatic heterocycles. The molecule has 3 aromatic carbocycles. The predicted molar refractivity (Wildman–Crippen MR) is 140 cm³/mol. The molecule has 188 valence electrons. The van der Waals surface area contributed by atoms with Gasteiger partial charge in [-0.1, -0.05) is 24.3 Å². The van der Waals surface area contributed by atoms with Crippen LogP contribution in [0.15, 0.2) is 54.6 Å². The third-order valence-corrected chi connectivity index (χ3v) is 6.70. The number of alkyl halides is 3. The Kier molecular flexibility index (Phi) is 5.63. The van der Waals surface area contributed by atoms with Crippen molar-refractivity contribution in [2.45, 2.75) is 63.8 Å². The first-order chi connectivity index (χ1) is 16.8. The number of aromatic nitrogens is 2. The smallest absolute Gasteiger partial charge is 0.396 e. The Morgan fingerprint density at radius 3 is 2.17 bits per heavy atom. The lowest BCUT2D eigenvalue weighted by atomic mass is 9.79. The fourth-order valence-electron chi connectivity index (χ4n) is 5.68. The van der Waals surface area contributed by atoms with Crippen molar-refractivity contribution < 1.29 is 13.2 Å². The summed E-state index contributed by atoms with van der Waals surface area (Å²) < 4.78 is 40.7. The Bertz CT molecular complexity index is 1440. The molecule has 0 unspecified atom stereocenters. The van der Waals surface area contributed by atoms with Crippen LogP contribution in [0.2, 0.25) is 0 Å². The number of nitrogens with one attached hydrogen (secondary N) is 2. The van der Waals surface area contributed by atoms with Gasteiger partial charge >= 0.3 is 6.18 Å². The molecule has 0 saturated carbocycles. The molecule has 0 spiro atoms. The van der Waals surface area contributed by atoms with E-state index in [1.54, 1.807) is 6.07 Å². The van der Waals surface area contributed by atoms with E-state index >= 15 is 0 Å². The standard InChI is InChI=1S/C28H30F3N5/c1-26(2)14-18(15-27(3,4)36-26)33-21-13-22-25(35-20-11-6-5-10-19(20)34-22)23(24(21)32)16-8-7-9-17(12-16)28(29,30)31/h5-13,18,33,36H,14-15,32H2,1-4H3. The molecule has 0 radical (unpaired) electrons. The number of rotatable bonds is 3. The lowest BCUT2D eigenvalue weighted by molar-refractivity contribution is -0.137. The van der Waals surface area contributed by atoms with Crippen LogP contribution in [0.4, 0.5) is 24.5 Å². The van der Waals surface area contributed by atoms with Crippen molar-refractivity contribution in [3.05, 3.63) is 60.2 Å². The number of nitrogens with two attached hydrogens (primary N) is 1. The monoisotopic (exact) mass is 493 g/mol. The molecule has 4 N–H and O–H groups in total. The van der Waals surface area contributed by atoms with Crippen LogP contribution in [-0.4, -0.2) is 27.1 Å². The van der Waals surface area contributed by atoms with Gasteiger partial charge in [-0.25, -0.2) is 9.97 Å². The second kappa shape index (κ2) is 8.34. The molecule has 0 bridgehead atoms. The summed E-state index contributed by atoms with van der Waals surface area (Å²) in [6.45, 7) is 8.66. The van der Waals surface area contributed by atoms with Crippen molar-refractivity contribution >= 4 is 33.4 Å². The van der Waals surface area contributed by atoms with Crippen molar-refractivity contribution in [1.82, 2.24) is 15.3 Å². The van der Waals surface area contributed by atoms with Crippen molar-refractivity contribution in [3.8, 4) is 11.1 Å². The van der Waals surface area contributed by atoms with E-state index in [1.165, 1.54) is 6.07 Å². The highest BCUT2D eigenvalue weighted by Crippen LogP contribution is 2.42. The van der Waals surface area contributed by atoms with Gasteiger partial charge in [-0.2, -0.15) is 13.2 Å². The molecule has 5 nitrogen and oxygen atoms in total. The zero-order chi connectivity index (χ0) is 25.9. The summed E-state index contributed by atoms with van der Waals surface area (Å²) in [5.41, 5.74) is 10.0. The highest BCUT2D eigenvalue weighted by Gasteiger charge is 2.38. The Balaban J connectivity index is 1.71. The van der Waals surface area contributed by atoms with E-state index < -0.39 is 11.7 Å². The van der Waals surface area contributed by atoms with E-state index in [4.69, 9.17) is 15.7 Å². The molecule has 8 heteroatoms. The van der Waals surface area contributed by atoms with Crippen LogP contribution in [0.1, 0.15) is 46.1 Å². The second-order valence-electron chi connectivity index (χ2n) is 11.0. The number of anilines is 2. The van der Waals surface area contributed by atoms with E-state index in [1.807, 2.05) is 30.3 Å². The van der Waals surface area contributed by atoms with E-state index in [0.29, 0.717) is 44.6 Å². The van der Waals surface area contributed by atoms with Crippen molar-refractivity contribution in [2.75, 3.05) is 11.1 Å². The van der Waals surface area contributed by atoms with Crippen molar-refractivity contribution in [1.29, 1.82) is 0 Å². The average Bonchev–Trinajstić information content (AvgIpc) is 2.76. The summed E-state index contributed by atoms with van der Waals surface area (Å²) in [4.78, 5) is 9.57. The van der Waals surface area contributed by atoms with Gasteiger partial charge in [0, 0.05) is 22.7 Å². The summed E-state index contributed by atoms with van der Waals surface area (Å²) in [7, 11) is 0. The zero-order valence-corrected chi connectivity index (χ0v) is 20.8. The minimum Gasteiger partial charge on any atom is -0.396 e. The van der Waals surface area contributed by atoms with Crippen molar-refractivity contribution in [3.63, 3.8) is 0 Å². The molecular weight excluding hydrogens is 463 g/mol. The molecule has 0 amide bonds. The minimum atomic E-state index is -4.47. The van der Waals surface area contributed by atoms with E-state index in [-0.39, 0.29) is 17.1 Å². The number of hydrogen-bond donors (Lipinski definition) is 3. The predicted octanol–water partition coefficient (Wildman–Crippen LogP) is 6.77. The molecule has 1 aliphatic rings. The molecule has 5 rings (SSSR count). The molecular formula is C28H30F3N5. The number of fused-ring (bicyclic) bond motifs is 2. The van der Waals surface area contributed by atoms with Gasteiger partial charge in [0.1, 0.15) is 0 Å². The third kappa shape index (κ3) is 4.69. The molecule has 1 aromatic heterocycles. The number of hydrogen-bond acceptors (Lipinski definition) is 5. The summed E-state index contributed by atoms with van der Waals surface area (Å²) in [6, 6.07) is 14.6. The van der Waals surface area contributed by atoms with Gasteiger partial charge in [-0.05, 0) is 76.4 Å². The third-order valence-electron chi connectivity index (χ3n) is 6.70. The number of halogens is 3. The van der Waals surface area contributed by atoms with Crippen LogP contribution >= 0.6 is 0 Å². The van der Waals surface area contributed by atoms with Crippen LogP contribution in [-0.2, 0) is 6.18 Å². The zero-order valence-electron chi connectivity index (χ0n) is 20.8. The number of nitrogens with zero attached hydrogens (tertiary/aromatic N) is 2. The Morgan fingerprint density at radius 2 is 1.53 bits per heavy atom. The largest absolute Gasteiger partial charge is 0.416 e. The van der Waals surface area contributed by atoms with Crippen LogP contribution in [0.25, 0.3) is 33.2 Å². The maximum absolute atomic E-state index is 13.6. The summed E-state index contributed by atoms with van der Waals surface area (Å²) in [6.07, 6.45) is -2.76. The first-order valence-corrected chi connectivity index (χ1v) is 12.0. The van der Waals surface area contributed by atoms with E-state index in [2.05, 4.69) is 38.3 Å². The fraction of sp³-hybridized carbons (Fsp3) is 0.357. The van der Waals surface area contributed by atoms with Crippen LogP contribution in [0, 0.1) is 0 Å². The summed E-state index contributed by atoms with van der Waals surface area (Å²) >= 11 is 0. The topological polar surface area (TPSA) is 75.9 Å². The quantitative estimate of drug-likeness (QED) is 0.217. The number of para-hydroxylation sites is 2. The molecule has 0 aliphatic carbocycles. The Labute approximate surface area is 208 Å². The summed E-state index contributed by atoms with van der Waals surface area (Å²) in [5.74, 6) is 0. The molecule has 1 saturated heterocycles. The van der Waals surface area contributed by atoms with Gasteiger partial charge in [0.15, 0.2) is 0 Å². The van der Waals surface area contributed by atoms with Gasteiger partial charge in [-0.15, -0.1) is 0 Å². The average molecular weight is 494 g/mol. The van der Waals surface area contributed by atoms with Gasteiger partial charge in [-0.3, -0.25) is 0 Å². The second-order valence-corrected chi connectivity index (χ2v) is 11.0.